The molecule has 5 heteroatoms. The maximum atomic E-state index is 13.1. The highest BCUT2D eigenvalue weighted by Crippen LogP contribution is 2.27. The molecule has 25 heavy (non-hydrogen) atoms. The van der Waals surface area contributed by atoms with Crippen molar-refractivity contribution in [2.75, 3.05) is 19.7 Å². The minimum absolute atomic E-state index is 0.0165. The van der Waals surface area contributed by atoms with E-state index in [2.05, 4.69) is 4.98 Å². The highest BCUT2D eigenvalue weighted by molar-refractivity contribution is 6.07. The second-order valence-electron chi connectivity index (χ2n) is 6.47. The Hall–Kier alpha value is -2.66. The number of carbonyl (C=O) groups excluding carboxylic acids is 1. The molecule has 0 aliphatic carbocycles. The van der Waals surface area contributed by atoms with Gasteiger partial charge < -0.3 is 14.4 Å². The highest BCUT2D eigenvalue weighted by Gasteiger charge is 2.25. The van der Waals surface area contributed by atoms with Crippen molar-refractivity contribution >= 4 is 16.8 Å². The normalized spacial score (nSPS) is 15.6. The van der Waals surface area contributed by atoms with E-state index in [1.807, 2.05) is 47.4 Å². The molecule has 0 atom stereocenters. The molecule has 0 bridgehead atoms. The molecule has 0 saturated carbocycles. The predicted molar refractivity (Wildman–Crippen MR) is 95.2 cm³/mol. The molecule has 1 saturated heterocycles. The first kappa shape index (κ1) is 15.8. The lowest BCUT2D eigenvalue weighted by Crippen LogP contribution is -2.39. The summed E-state index contributed by atoms with van der Waals surface area (Å²) in [6.07, 6.45) is 3.29. The third-order valence-electron chi connectivity index (χ3n) is 4.88. The van der Waals surface area contributed by atoms with E-state index in [0.29, 0.717) is 36.0 Å². The van der Waals surface area contributed by atoms with Crippen LogP contribution in [-0.2, 0) is 0 Å². The summed E-state index contributed by atoms with van der Waals surface area (Å²) in [7, 11) is 0. The van der Waals surface area contributed by atoms with Gasteiger partial charge in [0.1, 0.15) is 5.69 Å². The summed E-state index contributed by atoms with van der Waals surface area (Å²) in [5.41, 5.74) is 2.10. The van der Waals surface area contributed by atoms with Crippen LogP contribution in [0.25, 0.3) is 22.4 Å². The second kappa shape index (κ2) is 6.69. The number of amides is 1. The number of benzene rings is 1. The van der Waals surface area contributed by atoms with Gasteiger partial charge in [0.2, 0.25) is 0 Å². The molecule has 1 N–H and O–H groups in total. The van der Waals surface area contributed by atoms with E-state index < -0.39 is 0 Å². The number of nitrogens with zero attached hydrogens (tertiary/aromatic N) is 2. The monoisotopic (exact) mass is 336 g/mol. The molecule has 128 valence electrons. The average Bonchev–Trinajstić information content (AvgIpc) is 3.21. The average molecular weight is 336 g/mol. The van der Waals surface area contributed by atoms with E-state index >= 15 is 0 Å². The lowest BCUT2D eigenvalue weighted by Gasteiger charge is -2.31. The number of piperidine rings is 1. The number of aliphatic hydroxyl groups excluding tert-OH is 1. The zero-order chi connectivity index (χ0) is 17.2. The number of likely N-dealkylation sites (tertiary alicyclic amines) is 1. The zero-order valence-electron chi connectivity index (χ0n) is 13.9. The third kappa shape index (κ3) is 3.03. The molecule has 5 nitrogen and oxygen atoms in total. The number of rotatable bonds is 3. The van der Waals surface area contributed by atoms with Crippen molar-refractivity contribution in [3.8, 4) is 11.5 Å². The van der Waals surface area contributed by atoms with Gasteiger partial charge in [0.25, 0.3) is 5.91 Å². The number of aromatic nitrogens is 1. The summed E-state index contributed by atoms with van der Waals surface area (Å²) in [6.45, 7) is 1.55. The minimum atomic E-state index is 0.0165. The van der Waals surface area contributed by atoms with Crippen molar-refractivity contribution in [3.05, 3.63) is 54.3 Å². The maximum absolute atomic E-state index is 13.1. The number of para-hydroxylation sites is 1. The Labute approximate surface area is 145 Å². The van der Waals surface area contributed by atoms with E-state index in [1.165, 1.54) is 0 Å². The molecule has 2 aromatic heterocycles. The van der Waals surface area contributed by atoms with E-state index in [-0.39, 0.29) is 12.5 Å². The van der Waals surface area contributed by atoms with Gasteiger partial charge in [-0.15, -0.1) is 0 Å². The standard InChI is InChI=1S/C20H20N2O3/c23-13-14-7-9-22(10-8-14)20(24)16-12-18(19-6-3-11-25-19)21-17-5-2-1-4-15(16)17/h1-6,11-12,14,23H,7-10,13H2. The number of furan rings is 1. The van der Waals surface area contributed by atoms with Gasteiger partial charge in [0.15, 0.2) is 5.76 Å². The maximum Gasteiger partial charge on any atom is 0.254 e. The Kier molecular flexibility index (Phi) is 4.24. The highest BCUT2D eigenvalue weighted by atomic mass is 16.3. The molecule has 1 aliphatic rings. The molecule has 3 aromatic rings. The number of pyridine rings is 1. The molecular formula is C20H20N2O3. The quantitative estimate of drug-likeness (QED) is 0.796. The zero-order valence-corrected chi connectivity index (χ0v) is 13.9. The van der Waals surface area contributed by atoms with E-state index in [0.717, 1.165) is 23.7 Å². The Balaban J connectivity index is 1.74. The number of aliphatic hydroxyl groups is 1. The van der Waals surface area contributed by atoms with Crippen LogP contribution in [-0.4, -0.2) is 40.6 Å². The first-order valence-corrected chi connectivity index (χ1v) is 8.60. The lowest BCUT2D eigenvalue weighted by atomic mass is 9.96. The van der Waals surface area contributed by atoms with Gasteiger partial charge in [-0.3, -0.25) is 4.79 Å². The van der Waals surface area contributed by atoms with Crippen LogP contribution in [0.2, 0.25) is 0 Å². The number of hydrogen-bond donors (Lipinski definition) is 1. The van der Waals surface area contributed by atoms with Crippen LogP contribution >= 0.6 is 0 Å². The molecule has 1 fully saturated rings. The van der Waals surface area contributed by atoms with Crippen molar-refractivity contribution in [3.63, 3.8) is 0 Å². The Morgan fingerprint density at radius 3 is 2.72 bits per heavy atom. The Bertz CT molecular complexity index is 881. The molecular weight excluding hydrogens is 316 g/mol. The number of hydrogen-bond acceptors (Lipinski definition) is 4. The molecule has 3 heterocycles. The topological polar surface area (TPSA) is 66.6 Å². The van der Waals surface area contributed by atoms with Crippen LogP contribution in [0.1, 0.15) is 23.2 Å². The molecule has 1 aromatic carbocycles. The number of fused-ring (bicyclic) bond motifs is 1. The SMILES string of the molecule is O=C(c1cc(-c2ccco2)nc2ccccc12)N1CCC(CO)CC1. The van der Waals surface area contributed by atoms with Crippen LogP contribution in [0.3, 0.4) is 0 Å². The van der Waals surface area contributed by atoms with Crippen molar-refractivity contribution in [1.82, 2.24) is 9.88 Å². The lowest BCUT2D eigenvalue weighted by molar-refractivity contribution is 0.0653. The fourth-order valence-electron chi connectivity index (χ4n) is 3.39. The smallest absolute Gasteiger partial charge is 0.254 e. The molecule has 0 spiro atoms. The van der Waals surface area contributed by atoms with Crippen LogP contribution in [0.4, 0.5) is 0 Å². The van der Waals surface area contributed by atoms with Crippen LogP contribution < -0.4 is 0 Å². The van der Waals surface area contributed by atoms with Gasteiger partial charge in [-0.25, -0.2) is 4.98 Å². The first-order chi connectivity index (χ1) is 12.3. The molecule has 4 rings (SSSR count). The minimum Gasteiger partial charge on any atom is -0.463 e. The molecule has 1 amide bonds. The van der Waals surface area contributed by atoms with Crippen LogP contribution in [0, 0.1) is 5.92 Å². The summed E-state index contributed by atoms with van der Waals surface area (Å²) >= 11 is 0. The summed E-state index contributed by atoms with van der Waals surface area (Å²) in [5.74, 6) is 0.971. The fourth-order valence-corrected chi connectivity index (χ4v) is 3.39. The fraction of sp³-hybridized carbons (Fsp3) is 0.300. The number of carbonyl (C=O) groups is 1. The molecule has 0 radical (unpaired) electrons. The third-order valence-corrected chi connectivity index (χ3v) is 4.88. The van der Waals surface area contributed by atoms with Gasteiger partial charge in [-0.05, 0) is 43.0 Å². The largest absolute Gasteiger partial charge is 0.463 e. The van der Waals surface area contributed by atoms with E-state index in [1.54, 1.807) is 6.26 Å². The Morgan fingerprint density at radius 1 is 1.20 bits per heavy atom. The van der Waals surface area contributed by atoms with E-state index in [4.69, 9.17) is 4.42 Å². The molecule has 1 aliphatic heterocycles. The van der Waals surface area contributed by atoms with Crippen molar-refractivity contribution in [2.24, 2.45) is 5.92 Å². The van der Waals surface area contributed by atoms with Crippen molar-refractivity contribution in [1.29, 1.82) is 0 Å². The van der Waals surface area contributed by atoms with Gasteiger partial charge in [-0.2, -0.15) is 0 Å². The van der Waals surface area contributed by atoms with Crippen LogP contribution in [0.15, 0.2) is 53.1 Å². The van der Waals surface area contributed by atoms with Gasteiger partial charge in [-0.1, -0.05) is 18.2 Å². The van der Waals surface area contributed by atoms with Gasteiger partial charge >= 0.3 is 0 Å². The summed E-state index contributed by atoms with van der Waals surface area (Å²) in [4.78, 5) is 19.6. The van der Waals surface area contributed by atoms with E-state index in [9.17, 15) is 9.90 Å². The Morgan fingerprint density at radius 2 is 2.00 bits per heavy atom. The predicted octanol–water partition coefficient (Wildman–Crippen LogP) is 3.34. The summed E-state index contributed by atoms with van der Waals surface area (Å²) in [5, 5.41) is 10.1. The van der Waals surface area contributed by atoms with Crippen molar-refractivity contribution in [2.45, 2.75) is 12.8 Å². The first-order valence-electron chi connectivity index (χ1n) is 8.60. The molecule has 0 unspecified atom stereocenters. The van der Waals surface area contributed by atoms with Gasteiger partial charge in [0.05, 0.1) is 17.3 Å². The van der Waals surface area contributed by atoms with Gasteiger partial charge in [0, 0.05) is 25.1 Å². The summed E-state index contributed by atoms with van der Waals surface area (Å²) in [6, 6.07) is 13.2. The van der Waals surface area contributed by atoms with Crippen LogP contribution in [0.5, 0.6) is 0 Å². The van der Waals surface area contributed by atoms with Crippen molar-refractivity contribution < 1.29 is 14.3 Å². The summed E-state index contributed by atoms with van der Waals surface area (Å²) < 4.78 is 5.46. The second-order valence-corrected chi connectivity index (χ2v) is 6.47.